The number of anilines is 2. The minimum atomic E-state index is -3.71. The van der Waals surface area contributed by atoms with E-state index in [9.17, 15) is 13.2 Å². The van der Waals surface area contributed by atoms with Crippen LogP contribution in [0.5, 0.6) is 5.75 Å². The molecule has 3 aromatic rings. The number of hydrogen-bond acceptors (Lipinski definition) is 5. The quantitative estimate of drug-likeness (QED) is 0.477. The first-order chi connectivity index (χ1) is 14.8. The monoisotopic (exact) mass is 476 g/mol. The van der Waals surface area contributed by atoms with Gasteiger partial charge in [-0.2, -0.15) is 0 Å². The summed E-state index contributed by atoms with van der Waals surface area (Å²) in [6.45, 7) is 0. The van der Waals surface area contributed by atoms with Gasteiger partial charge in [-0.3, -0.25) is 9.10 Å². The molecule has 1 N–H and O–H groups in total. The summed E-state index contributed by atoms with van der Waals surface area (Å²) in [4.78, 5) is 13.7. The molecule has 162 valence electrons. The summed E-state index contributed by atoms with van der Waals surface area (Å²) < 4.78 is 32.1. The van der Waals surface area contributed by atoms with Gasteiger partial charge in [0.15, 0.2) is 0 Å². The number of benzene rings is 3. The molecule has 0 aromatic heterocycles. The van der Waals surface area contributed by atoms with Crippen molar-refractivity contribution < 1.29 is 17.9 Å². The van der Waals surface area contributed by atoms with Crippen molar-refractivity contribution in [3.8, 4) is 5.75 Å². The van der Waals surface area contributed by atoms with E-state index in [-0.39, 0.29) is 10.8 Å². The summed E-state index contributed by atoms with van der Waals surface area (Å²) in [6, 6.07) is 17.9. The molecule has 0 heterocycles. The van der Waals surface area contributed by atoms with Crippen LogP contribution in [0.1, 0.15) is 10.4 Å². The third kappa shape index (κ3) is 5.15. The van der Waals surface area contributed by atoms with Crippen molar-refractivity contribution in [2.24, 2.45) is 0 Å². The van der Waals surface area contributed by atoms with Crippen molar-refractivity contribution in [3.05, 3.63) is 77.3 Å². The van der Waals surface area contributed by atoms with Crippen LogP contribution in [-0.2, 0) is 10.0 Å². The molecule has 1 amide bonds. The van der Waals surface area contributed by atoms with Crippen LogP contribution in [0.2, 0.25) is 5.02 Å². The summed E-state index contributed by atoms with van der Waals surface area (Å²) in [5.41, 5.74) is 1.34. The Hall–Kier alpha value is -2.68. The molecule has 0 spiro atoms. The summed E-state index contributed by atoms with van der Waals surface area (Å²) in [7, 11) is -0.723. The summed E-state index contributed by atoms with van der Waals surface area (Å²) >= 11 is 7.63. The number of methoxy groups -OCH3 is 1. The number of nitrogens with zero attached hydrogens (tertiary/aromatic N) is 1. The van der Waals surface area contributed by atoms with Crippen molar-refractivity contribution in [1.29, 1.82) is 0 Å². The fourth-order valence-corrected chi connectivity index (χ4v) is 4.68. The number of rotatable bonds is 7. The van der Waals surface area contributed by atoms with E-state index in [1.54, 1.807) is 78.5 Å². The van der Waals surface area contributed by atoms with Crippen LogP contribution in [0.15, 0.2) is 76.5 Å². The molecule has 0 bridgehead atoms. The van der Waals surface area contributed by atoms with Gasteiger partial charge in [-0.1, -0.05) is 11.6 Å². The molecule has 0 radical (unpaired) electrons. The maximum atomic E-state index is 12.9. The van der Waals surface area contributed by atoms with Crippen molar-refractivity contribution in [2.75, 3.05) is 30.0 Å². The number of hydrogen-bond donors (Lipinski definition) is 1. The van der Waals surface area contributed by atoms with E-state index >= 15 is 0 Å². The Balaban J connectivity index is 1.75. The van der Waals surface area contributed by atoms with E-state index in [0.717, 1.165) is 4.90 Å². The molecule has 3 aromatic carbocycles. The molecule has 0 atom stereocenters. The van der Waals surface area contributed by atoms with Gasteiger partial charge in [-0.15, -0.1) is 11.8 Å². The van der Waals surface area contributed by atoms with Gasteiger partial charge >= 0.3 is 0 Å². The second-order valence-electron chi connectivity index (χ2n) is 6.50. The maximum Gasteiger partial charge on any atom is 0.264 e. The highest BCUT2D eigenvalue weighted by atomic mass is 35.5. The zero-order chi connectivity index (χ0) is 22.6. The van der Waals surface area contributed by atoms with E-state index in [0.29, 0.717) is 27.7 Å². The molecule has 0 aliphatic rings. The average Bonchev–Trinajstić information content (AvgIpc) is 2.78. The molecule has 0 unspecified atom stereocenters. The largest absolute Gasteiger partial charge is 0.495 e. The van der Waals surface area contributed by atoms with Gasteiger partial charge in [-0.05, 0) is 73.0 Å². The van der Waals surface area contributed by atoms with Crippen molar-refractivity contribution >= 4 is 50.7 Å². The van der Waals surface area contributed by atoms with Crippen molar-refractivity contribution in [3.63, 3.8) is 0 Å². The van der Waals surface area contributed by atoms with Gasteiger partial charge in [0, 0.05) is 23.2 Å². The number of ether oxygens (including phenoxy) is 1. The van der Waals surface area contributed by atoms with E-state index < -0.39 is 10.0 Å². The normalized spacial score (nSPS) is 11.1. The molecule has 0 fully saturated rings. The van der Waals surface area contributed by atoms with E-state index in [1.807, 2.05) is 6.26 Å². The lowest BCUT2D eigenvalue weighted by molar-refractivity contribution is 0.102. The van der Waals surface area contributed by atoms with Crippen LogP contribution in [0.25, 0.3) is 0 Å². The van der Waals surface area contributed by atoms with Gasteiger partial charge in [0.2, 0.25) is 0 Å². The van der Waals surface area contributed by atoms with E-state index in [2.05, 4.69) is 5.32 Å². The Morgan fingerprint density at radius 1 is 1.03 bits per heavy atom. The summed E-state index contributed by atoms with van der Waals surface area (Å²) in [5.74, 6) is 0.169. The van der Waals surface area contributed by atoms with Gasteiger partial charge in [0.05, 0.1) is 22.7 Å². The fourth-order valence-electron chi connectivity index (χ4n) is 2.81. The molecule has 0 saturated heterocycles. The molecule has 6 nitrogen and oxygen atoms in total. The SMILES string of the molecule is COc1ccc(NC(=O)c2ccc(N(C)S(=O)(=O)c3ccc(SC)cc3)cc2)cc1Cl. The number of nitrogens with one attached hydrogen (secondary N) is 1. The fraction of sp³-hybridized carbons (Fsp3) is 0.136. The van der Waals surface area contributed by atoms with Crippen molar-refractivity contribution in [2.45, 2.75) is 9.79 Å². The van der Waals surface area contributed by atoms with Crippen LogP contribution >= 0.6 is 23.4 Å². The van der Waals surface area contributed by atoms with Crippen LogP contribution in [0.3, 0.4) is 0 Å². The minimum absolute atomic E-state index is 0.200. The van der Waals surface area contributed by atoms with Crippen LogP contribution in [0, 0.1) is 0 Å². The molecular formula is C22H21ClN2O4S2. The Bertz CT molecular complexity index is 1180. The number of halogens is 1. The highest BCUT2D eigenvalue weighted by molar-refractivity contribution is 7.98. The predicted molar refractivity (Wildman–Crippen MR) is 126 cm³/mol. The predicted octanol–water partition coefficient (Wildman–Crippen LogP) is 5.15. The maximum absolute atomic E-state index is 12.9. The highest BCUT2D eigenvalue weighted by Crippen LogP contribution is 2.28. The summed E-state index contributed by atoms with van der Waals surface area (Å²) in [6.07, 6.45) is 1.93. The standard InChI is InChI=1S/C22H21ClN2O4S2/c1-25(31(27,28)19-11-9-18(30-3)10-12-19)17-7-4-15(5-8-17)22(26)24-16-6-13-21(29-2)20(23)14-16/h4-14H,1-3H3,(H,24,26). The van der Waals surface area contributed by atoms with Crippen LogP contribution in [0.4, 0.5) is 11.4 Å². The van der Waals surface area contributed by atoms with Gasteiger partial charge in [0.1, 0.15) is 5.75 Å². The molecule has 0 saturated carbocycles. The lowest BCUT2D eigenvalue weighted by Crippen LogP contribution is -2.26. The Kier molecular flexibility index (Phi) is 7.15. The Labute approximate surface area is 191 Å². The highest BCUT2D eigenvalue weighted by Gasteiger charge is 2.21. The number of amides is 1. The lowest BCUT2D eigenvalue weighted by atomic mass is 10.2. The van der Waals surface area contributed by atoms with Crippen LogP contribution in [-0.4, -0.2) is 34.7 Å². The van der Waals surface area contributed by atoms with E-state index in [4.69, 9.17) is 16.3 Å². The third-order valence-electron chi connectivity index (χ3n) is 4.62. The number of thioether (sulfide) groups is 1. The van der Waals surface area contributed by atoms with Gasteiger partial charge < -0.3 is 10.1 Å². The zero-order valence-electron chi connectivity index (χ0n) is 17.1. The third-order valence-corrected chi connectivity index (χ3v) is 7.46. The lowest BCUT2D eigenvalue weighted by Gasteiger charge is -2.20. The summed E-state index contributed by atoms with van der Waals surface area (Å²) in [5, 5.41) is 3.14. The molecule has 9 heteroatoms. The minimum Gasteiger partial charge on any atom is -0.495 e. The molecular weight excluding hydrogens is 456 g/mol. The van der Waals surface area contributed by atoms with Gasteiger partial charge in [0.25, 0.3) is 15.9 Å². The molecule has 0 aliphatic carbocycles. The molecule has 3 rings (SSSR count). The number of carbonyl (C=O) groups excluding carboxylic acids is 1. The topological polar surface area (TPSA) is 75.7 Å². The second-order valence-corrected chi connectivity index (χ2v) is 9.75. The van der Waals surface area contributed by atoms with Crippen LogP contribution < -0.4 is 14.4 Å². The zero-order valence-corrected chi connectivity index (χ0v) is 19.5. The average molecular weight is 477 g/mol. The molecule has 0 aliphatic heterocycles. The smallest absolute Gasteiger partial charge is 0.264 e. The Morgan fingerprint density at radius 2 is 1.68 bits per heavy atom. The Morgan fingerprint density at radius 3 is 2.23 bits per heavy atom. The first-order valence-corrected chi connectivity index (χ1v) is 12.2. The number of carbonyl (C=O) groups is 1. The first-order valence-electron chi connectivity index (χ1n) is 9.14. The second kappa shape index (κ2) is 9.64. The number of sulfonamides is 1. The van der Waals surface area contributed by atoms with E-state index in [1.165, 1.54) is 18.5 Å². The van der Waals surface area contributed by atoms with Crippen molar-refractivity contribution in [1.82, 2.24) is 0 Å². The molecule has 31 heavy (non-hydrogen) atoms. The van der Waals surface area contributed by atoms with Gasteiger partial charge in [-0.25, -0.2) is 8.42 Å². The first kappa shape index (κ1) is 23.0.